The summed E-state index contributed by atoms with van der Waals surface area (Å²) in [6.45, 7) is 9.39. The predicted molar refractivity (Wildman–Crippen MR) is 111 cm³/mol. The Morgan fingerprint density at radius 1 is 1.11 bits per heavy atom. The molecule has 5 nitrogen and oxygen atoms in total. The van der Waals surface area contributed by atoms with Crippen LogP contribution in [0.2, 0.25) is 0 Å². The van der Waals surface area contributed by atoms with Crippen molar-refractivity contribution in [1.29, 1.82) is 0 Å². The van der Waals surface area contributed by atoms with E-state index in [0.29, 0.717) is 12.0 Å². The number of anilines is 1. The summed E-state index contributed by atoms with van der Waals surface area (Å²) in [5, 5.41) is 14.1. The highest BCUT2D eigenvalue weighted by atomic mass is 16.3. The zero-order valence-corrected chi connectivity index (χ0v) is 17.0. The lowest BCUT2D eigenvalue weighted by Crippen LogP contribution is -2.46. The van der Waals surface area contributed by atoms with Gasteiger partial charge in [-0.15, -0.1) is 0 Å². The van der Waals surface area contributed by atoms with Gasteiger partial charge >= 0.3 is 0 Å². The summed E-state index contributed by atoms with van der Waals surface area (Å²) >= 11 is 0. The van der Waals surface area contributed by atoms with Gasteiger partial charge < -0.3 is 14.6 Å². The number of aryl methyl sites for hydroxylation is 3. The van der Waals surface area contributed by atoms with Crippen molar-refractivity contribution in [2.75, 3.05) is 18.0 Å². The molecular weight excluding hydrogens is 336 g/mol. The molecule has 1 aromatic carbocycles. The Morgan fingerprint density at radius 3 is 2.44 bits per heavy atom. The fraction of sp³-hybridized carbons (Fsp3) is 0.682. The Balaban J connectivity index is 1.46. The van der Waals surface area contributed by atoms with Crippen molar-refractivity contribution in [2.45, 2.75) is 78.1 Å². The van der Waals surface area contributed by atoms with Crippen LogP contribution in [0.3, 0.4) is 0 Å². The van der Waals surface area contributed by atoms with Crippen LogP contribution in [0, 0.1) is 19.8 Å². The van der Waals surface area contributed by atoms with E-state index >= 15 is 0 Å². The van der Waals surface area contributed by atoms with E-state index in [0.717, 1.165) is 43.9 Å². The van der Waals surface area contributed by atoms with Gasteiger partial charge in [-0.05, 0) is 69.7 Å². The summed E-state index contributed by atoms with van der Waals surface area (Å²) in [6.07, 6.45) is 6.72. The lowest BCUT2D eigenvalue weighted by Gasteiger charge is -2.36. The maximum Gasteiger partial charge on any atom is 0.206 e. The van der Waals surface area contributed by atoms with E-state index in [2.05, 4.69) is 47.7 Å². The summed E-state index contributed by atoms with van der Waals surface area (Å²) in [5.41, 5.74) is 4.96. The maximum atomic E-state index is 10.6. The first-order valence-corrected chi connectivity index (χ1v) is 10.7. The molecule has 4 rings (SSSR count). The van der Waals surface area contributed by atoms with Crippen molar-refractivity contribution in [3.05, 3.63) is 23.3 Å². The molecule has 1 saturated carbocycles. The summed E-state index contributed by atoms with van der Waals surface area (Å²) in [4.78, 5) is 7.38. The van der Waals surface area contributed by atoms with Crippen molar-refractivity contribution in [3.8, 4) is 0 Å². The molecule has 0 amide bonds. The summed E-state index contributed by atoms with van der Waals surface area (Å²) in [7, 11) is 0. The maximum absolute atomic E-state index is 10.6. The van der Waals surface area contributed by atoms with Crippen molar-refractivity contribution in [1.82, 2.24) is 14.9 Å². The molecule has 1 aromatic heterocycles. The van der Waals surface area contributed by atoms with Crippen LogP contribution in [-0.2, 0) is 6.54 Å². The molecule has 0 radical (unpaired) electrons. The Hall–Kier alpha value is -1.59. The van der Waals surface area contributed by atoms with Crippen LogP contribution in [0.4, 0.5) is 5.95 Å². The fourth-order valence-corrected chi connectivity index (χ4v) is 4.81. The lowest BCUT2D eigenvalue weighted by atomic mass is 9.94. The molecule has 1 saturated heterocycles. The molecule has 1 aliphatic carbocycles. The van der Waals surface area contributed by atoms with Gasteiger partial charge in [0.1, 0.15) is 6.23 Å². The summed E-state index contributed by atoms with van der Waals surface area (Å²) in [6, 6.07) is 5.00. The van der Waals surface area contributed by atoms with Gasteiger partial charge in [0.15, 0.2) is 0 Å². The number of hydrogen-bond acceptors (Lipinski definition) is 4. The van der Waals surface area contributed by atoms with Crippen molar-refractivity contribution < 1.29 is 5.11 Å². The van der Waals surface area contributed by atoms with Crippen LogP contribution >= 0.6 is 0 Å². The van der Waals surface area contributed by atoms with Gasteiger partial charge in [-0.2, -0.15) is 0 Å². The second kappa shape index (κ2) is 7.80. The van der Waals surface area contributed by atoms with Crippen LogP contribution in [0.25, 0.3) is 11.0 Å². The Bertz CT molecular complexity index is 785. The molecule has 5 heteroatoms. The number of piperidine rings is 1. The number of aliphatic hydroxyl groups is 1. The quantitative estimate of drug-likeness (QED) is 0.787. The van der Waals surface area contributed by atoms with Crippen molar-refractivity contribution >= 4 is 17.0 Å². The highest BCUT2D eigenvalue weighted by Crippen LogP contribution is 2.29. The van der Waals surface area contributed by atoms with Gasteiger partial charge in [-0.25, -0.2) is 4.98 Å². The topological polar surface area (TPSA) is 53.3 Å². The van der Waals surface area contributed by atoms with E-state index in [9.17, 15) is 5.11 Å². The van der Waals surface area contributed by atoms with Crippen LogP contribution in [0.5, 0.6) is 0 Å². The van der Waals surface area contributed by atoms with E-state index < -0.39 is 0 Å². The molecule has 0 spiro atoms. The highest BCUT2D eigenvalue weighted by molar-refractivity contribution is 5.80. The molecule has 0 bridgehead atoms. The lowest BCUT2D eigenvalue weighted by molar-refractivity contribution is 0.0512. The number of fused-ring (bicyclic) bond motifs is 1. The van der Waals surface area contributed by atoms with E-state index in [1.54, 1.807) is 0 Å². The van der Waals surface area contributed by atoms with Crippen LogP contribution in [-0.4, -0.2) is 40.0 Å². The van der Waals surface area contributed by atoms with Gasteiger partial charge in [-0.1, -0.05) is 12.8 Å². The number of nitrogens with zero attached hydrogens (tertiary/aromatic N) is 3. The molecule has 2 aromatic rings. The number of hydrogen-bond donors (Lipinski definition) is 2. The van der Waals surface area contributed by atoms with Crippen LogP contribution < -0.4 is 10.2 Å². The zero-order valence-electron chi connectivity index (χ0n) is 17.0. The smallest absolute Gasteiger partial charge is 0.206 e. The number of benzene rings is 1. The minimum Gasteiger partial charge on any atom is -0.378 e. The average molecular weight is 371 g/mol. The van der Waals surface area contributed by atoms with E-state index in [-0.39, 0.29) is 6.23 Å². The van der Waals surface area contributed by atoms with E-state index in [4.69, 9.17) is 4.98 Å². The number of imidazole rings is 1. The third kappa shape index (κ3) is 3.72. The number of rotatable bonds is 5. The van der Waals surface area contributed by atoms with Crippen molar-refractivity contribution in [3.63, 3.8) is 0 Å². The Kier molecular flexibility index (Phi) is 5.42. The molecule has 1 atom stereocenters. The third-order valence-corrected chi connectivity index (χ3v) is 6.69. The molecule has 27 heavy (non-hydrogen) atoms. The standard InChI is InChI=1S/C22H34N4O/c1-4-26-20-14-16(3)15(2)13-19(20)24-22(26)25-11-9-17(10-12-25)21(27)23-18-7-5-6-8-18/h13-14,17-18,21,23,27H,4-12H2,1-3H3. The van der Waals surface area contributed by atoms with Crippen LogP contribution in [0.15, 0.2) is 12.1 Å². The highest BCUT2D eigenvalue weighted by Gasteiger charge is 2.29. The predicted octanol–water partition coefficient (Wildman–Crippen LogP) is 3.74. The number of aromatic nitrogens is 2. The fourth-order valence-electron chi connectivity index (χ4n) is 4.81. The SMILES string of the molecule is CCn1c(N2CCC(C(O)NC3CCCC3)CC2)nc2cc(C)c(C)cc21. The summed E-state index contributed by atoms with van der Waals surface area (Å²) < 4.78 is 2.34. The first-order chi connectivity index (χ1) is 13.1. The number of aliphatic hydroxyl groups excluding tert-OH is 1. The van der Waals surface area contributed by atoms with Gasteiger partial charge in [0, 0.05) is 31.6 Å². The number of nitrogens with one attached hydrogen (secondary N) is 1. The zero-order chi connectivity index (χ0) is 19.0. The Morgan fingerprint density at radius 2 is 1.78 bits per heavy atom. The van der Waals surface area contributed by atoms with E-state index in [1.807, 2.05) is 0 Å². The third-order valence-electron chi connectivity index (χ3n) is 6.69. The van der Waals surface area contributed by atoms with Crippen molar-refractivity contribution in [2.24, 2.45) is 5.92 Å². The van der Waals surface area contributed by atoms with Gasteiger partial charge in [0.05, 0.1) is 11.0 Å². The second-order valence-electron chi connectivity index (χ2n) is 8.50. The molecule has 2 N–H and O–H groups in total. The van der Waals surface area contributed by atoms with Crippen LogP contribution in [0.1, 0.15) is 56.6 Å². The molecular formula is C22H34N4O. The molecule has 1 aliphatic heterocycles. The first kappa shape index (κ1) is 18.8. The monoisotopic (exact) mass is 370 g/mol. The minimum atomic E-state index is -0.356. The van der Waals surface area contributed by atoms with Gasteiger partial charge in [0.2, 0.25) is 5.95 Å². The van der Waals surface area contributed by atoms with Gasteiger partial charge in [0.25, 0.3) is 0 Å². The molecule has 2 heterocycles. The molecule has 1 unspecified atom stereocenters. The Labute approximate surface area is 162 Å². The normalized spacial score (nSPS) is 20.7. The minimum absolute atomic E-state index is 0.353. The molecule has 2 fully saturated rings. The van der Waals surface area contributed by atoms with E-state index in [1.165, 1.54) is 42.3 Å². The van der Waals surface area contributed by atoms with Gasteiger partial charge in [-0.3, -0.25) is 5.32 Å². The largest absolute Gasteiger partial charge is 0.378 e. The second-order valence-corrected chi connectivity index (χ2v) is 8.50. The average Bonchev–Trinajstić information content (AvgIpc) is 3.29. The molecule has 2 aliphatic rings. The molecule has 148 valence electrons. The first-order valence-electron chi connectivity index (χ1n) is 10.7. The summed E-state index contributed by atoms with van der Waals surface area (Å²) in [5.74, 6) is 1.44.